The lowest BCUT2D eigenvalue weighted by molar-refractivity contribution is 0.255. The molecule has 2 atom stereocenters. The van der Waals surface area contributed by atoms with E-state index in [2.05, 4.69) is 91.7 Å². The van der Waals surface area contributed by atoms with Gasteiger partial charge < -0.3 is 36.8 Å². The average molecular weight is 1100 g/mol. The molecule has 10 N–H and O–H groups in total. The Hall–Kier alpha value is -8.93. The van der Waals surface area contributed by atoms with Crippen LogP contribution in [0.1, 0.15) is 25.7 Å². The molecule has 2 aliphatic rings. The van der Waals surface area contributed by atoms with Crippen LogP contribution >= 0.6 is 34.8 Å². The summed E-state index contributed by atoms with van der Waals surface area (Å²) in [6.45, 7) is 2.33. The molecule has 0 spiro atoms. The van der Waals surface area contributed by atoms with Gasteiger partial charge in [0, 0.05) is 49.4 Å². The largest absolute Gasteiger partial charge is 0.395 e. The number of imidazole rings is 3. The second-order valence-electron chi connectivity index (χ2n) is 16.9. The van der Waals surface area contributed by atoms with Gasteiger partial charge >= 0.3 is 0 Å². The number of aromatic nitrogens is 21. The van der Waals surface area contributed by atoms with Gasteiger partial charge in [-0.2, -0.15) is 25.3 Å². The van der Waals surface area contributed by atoms with Crippen LogP contribution in [0.3, 0.4) is 0 Å². The van der Waals surface area contributed by atoms with E-state index in [0.717, 1.165) is 66.4 Å². The van der Waals surface area contributed by atoms with Crippen LogP contribution < -0.4 is 26.6 Å². The van der Waals surface area contributed by atoms with Crippen LogP contribution in [0.4, 0.5) is 35.0 Å². The molecule has 28 nitrogen and oxygen atoms in total. The van der Waals surface area contributed by atoms with Crippen molar-refractivity contribution in [2.45, 2.75) is 37.8 Å². The Morgan fingerprint density at radius 2 is 1.13 bits per heavy atom. The van der Waals surface area contributed by atoms with Crippen molar-refractivity contribution in [3.8, 4) is 17.5 Å². The molecule has 2 saturated heterocycles. The van der Waals surface area contributed by atoms with E-state index >= 15 is 0 Å². The first-order chi connectivity index (χ1) is 37.7. The van der Waals surface area contributed by atoms with E-state index < -0.39 is 0 Å². The quantitative estimate of drug-likeness (QED) is 0.0836. The number of aliphatic hydroxyl groups excluding tert-OH is 2. The standard InChI is InChI=1S/C17H19N9O.C12H9ClN8.C6H3Cl2N3.C6H7N5.C5H11NO/c27-10-12-3-1-7-25(12)17-21-16(13-4-2-8-26(13)23-17)20-14-9-24(11-18-14)15-5-6-19-22-15;13-12-17-11(8-2-1-5-21(8)19-12)16-9-6-20(7-14-9)10-3-4-15-18-10;7-5-4-2-1-3-11(4)10-6(8)9-5;7-5-3-11(4-8-5)6-1-2-9-10-6;7-4-5-2-1-3-6-5/h2,4-6,8-9,11-12,27H,1,3,7,10H2,(H,19,22)(H,20,21,23);1-7H,(H,15,18)(H,16,17,19);1-3H;1-4H,7H2,(H,9,10);5-7H,1-4H2/t12-;;;;5-/m0...0/s1. The van der Waals surface area contributed by atoms with Crippen molar-refractivity contribution in [1.29, 1.82) is 0 Å². The normalized spacial score (nSPS) is 14.8. The van der Waals surface area contributed by atoms with Gasteiger partial charge in [-0.3, -0.25) is 29.0 Å². The van der Waals surface area contributed by atoms with Gasteiger partial charge in [-0.25, -0.2) is 33.5 Å². The SMILES string of the molecule is Clc1nc(Cl)c2cccn2n1.Clc1nc(Nc2cn(-c3ccn[nH]3)cn2)c2cccn2n1.Nc1cn(-c2ccn[nH]2)cn1.OC[C@@H]1CCCN1.OC[C@@H]1CCCN1c1nc(Nc2cn(-c3ccn[nH]3)cn2)c2cccn2n1. The van der Waals surface area contributed by atoms with Gasteiger partial charge in [0.15, 0.2) is 16.8 Å². The zero-order valence-corrected chi connectivity index (χ0v) is 42.8. The van der Waals surface area contributed by atoms with Crippen LogP contribution in [-0.4, -0.2) is 152 Å². The Morgan fingerprint density at radius 3 is 1.64 bits per heavy atom. The fourth-order valence-electron chi connectivity index (χ4n) is 8.14. The summed E-state index contributed by atoms with van der Waals surface area (Å²) in [6.07, 6.45) is 25.2. The third kappa shape index (κ3) is 12.6. The summed E-state index contributed by atoms with van der Waals surface area (Å²) >= 11 is 17.2. The minimum absolute atomic E-state index is 0.0606. The second-order valence-corrected chi connectivity index (χ2v) is 18.0. The van der Waals surface area contributed by atoms with Crippen molar-refractivity contribution in [2.75, 3.05) is 47.6 Å². The van der Waals surface area contributed by atoms with Crippen molar-refractivity contribution in [3.63, 3.8) is 0 Å². The number of fused-ring (bicyclic) bond motifs is 3. The maximum Gasteiger partial charge on any atom is 0.245 e. The highest BCUT2D eigenvalue weighted by atomic mass is 35.5. The maximum absolute atomic E-state index is 9.63. The first-order valence-corrected chi connectivity index (χ1v) is 25.0. The third-order valence-corrected chi connectivity index (χ3v) is 12.4. The summed E-state index contributed by atoms with van der Waals surface area (Å²) < 4.78 is 10.5. The third-order valence-electron chi connectivity index (χ3n) is 11.8. The van der Waals surface area contributed by atoms with Crippen molar-refractivity contribution in [3.05, 3.63) is 145 Å². The topological polar surface area (TPSA) is 336 Å². The summed E-state index contributed by atoms with van der Waals surface area (Å²) in [5.74, 6) is 6.18. The Bertz CT molecular complexity index is 3720. The fraction of sp³-hybridized carbons (Fsp3) is 0.217. The number of rotatable bonds is 10. The lowest BCUT2D eigenvalue weighted by Gasteiger charge is -2.23. The predicted molar refractivity (Wildman–Crippen MR) is 288 cm³/mol. The van der Waals surface area contributed by atoms with Crippen molar-refractivity contribution in [1.82, 2.24) is 108 Å². The summed E-state index contributed by atoms with van der Waals surface area (Å²) in [5, 5.41) is 61.1. The number of halogens is 3. The van der Waals surface area contributed by atoms with Gasteiger partial charge in [0.05, 0.1) is 56.4 Å². The molecule has 12 aromatic heterocycles. The molecule has 0 aromatic carbocycles. The van der Waals surface area contributed by atoms with E-state index in [-0.39, 0.29) is 23.2 Å². The first-order valence-electron chi connectivity index (χ1n) is 23.8. The minimum atomic E-state index is 0.0606. The molecule has 2 aliphatic heterocycles. The number of nitrogens with one attached hydrogen (secondary N) is 6. The van der Waals surface area contributed by atoms with Gasteiger partial charge in [-0.05, 0) is 91.8 Å². The van der Waals surface area contributed by atoms with Gasteiger partial charge in [0.1, 0.15) is 70.4 Å². The summed E-state index contributed by atoms with van der Waals surface area (Å²) in [7, 11) is 0. The van der Waals surface area contributed by atoms with Gasteiger partial charge in [0.2, 0.25) is 16.5 Å². The molecule has 31 heteroatoms. The number of nitrogen functional groups attached to an aromatic ring is 1. The Morgan fingerprint density at radius 1 is 0.597 bits per heavy atom. The zero-order chi connectivity index (χ0) is 53.1. The lowest BCUT2D eigenvalue weighted by Crippen LogP contribution is -2.34. The van der Waals surface area contributed by atoms with Crippen molar-refractivity contribution in [2.24, 2.45) is 0 Å². The molecular formula is C46H49Cl3N26O2. The van der Waals surface area contributed by atoms with Crippen LogP contribution in [0.5, 0.6) is 0 Å². The smallest absolute Gasteiger partial charge is 0.245 e. The highest BCUT2D eigenvalue weighted by Crippen LogP contribution is 2.27. The molecule has 0 radical (unpaired) electrons. The monoisotopic (exact) mass is 1100 g/mol. The van der Waals surface area contributed by atoms with Crippen molar-refractivity contribution < 1.29 is 10.2 Å². The molecule has 0 unspecified atom stereocenters. The Kier molecular flexibility index (Phi) is 16.2. The molecular weight excluding hydrogens is 1060 g/mol. The van der Waals surface area contributed by atoms with E-state index in [1.807, 2.05) is 82.3 Å². The van der Waals surface area contributed by atoms with Crippen LogP contribution in [0, 0.1) is 0 Å². The van der Waals surface area contributed by atoms with Crippen LogP contribution in [0.2, 0.25) is 15.7 Å². The number of aromatic amines is 3. The van der Waals surface area contributed by atoms with E-state index in [1.54, 1.807) is 74.3 Å². The molecule has 14 heterocycles. The Balaban J connectivity index is 0.000000118. The van der Waals surface area contributed by atoms with Crippen LogP contribution in [-0.2, 0) is 0 Å². The number of H-pyrrole nitrogens is 3. The molecule has 12 aromatic rings. The summed E-state index contributed by atoms with van der Waals surface area (Å²) in [6, 6.07) is 17.3. The van der Waals surface area contributed by atoms with Crippen LogP contribution in [0.25, 0.3) is 34.0 Å². The van der Waals surface area contributed by atoms with Gasteiger partial charge in [0.25, 0.3) is 0 Å². The molecule has 14 rings (SSSR count). The summed E-state index contributed by atoms with van der Waals surface area (Å²) in [4.78, 5) is 27.3. The second kappa shape index (κ2) is 24.2. The number of aliphatic hydroxyl groups is 2. The average Bonchev–Trinajstić information content (AvgIpc) is 4.31. The van der Waals surface area contributed by atoms with E-state index in [4.69, 9.17) is 50.6 Å². The lowest BCUT2D eigenvalue weighted by atomic mass is 10.2. The fourth-order valence-corrected chi connectivity index (χ4v) is 8.74. The van der Waals surface area contributed by atoms with Gasteiger partial charge in [-0.15, -0.1) is 15.3 Å². The molecule has 2 fully saturated rings. The highest BCUT2D eigenvalue weighted by molar-refractivity contribution is 6.34. The highest BCUT2D eigenvalue weighted by Gasteiger charge is 2.27. The molecule has 396 valence electrons. The van der Waals surface area contributed by atoms with E-state index in [1.165, 1.54) is 6.42 Å². The molecule has 0 saturated carbocycles. The maximum atomic E-state index is 9.63. The van der Waals surface area contributed by atoms with E-state index in [0.29, 0.717) is 52.8 Å². The number of hydrogen-bond donors (Lipinski definition) is 9. The van der Waals surface area contributed by atoms with Gasteiger partial charge in [-0.1, -0.05) is 11.6 Å². The molecule has 77 heavy (non-hydrogen) atoms. The number of hydrogen-bond acceptors (Lipinski definition) is 19. The first kappa shape index (κ1) is 51.6. The molecule has 0 amide bonds. The van der Waals surface area contributed by atoms with E-state index in [9.17, 15) is 5.11 Å². The number of anilines is 6. The molecule has 0 aliphatic carbocycles. The number of nitrogens with two attached hydrogens (primary N) is 1. The minimum Gasteiger partial charge on any atom is -0.395 e. The number of nitrogens with zero attached hydrogens (tertiary/aromatic N) is 19. The Labute approximate surface area is 450 Å². The molecule has 0 bridgehead atoms. The predicted octanol–water partition coefficient (Wildman–Crippen LogP) is 5.32. The van der Waals surface area contributed by atoms with Crippen LogP contribution in [0.15, 0.2) is 129 Å². The van der Waals surface area contributed by atoms with Crippen molar-refractivity contribution >= 4 is 86.4 Å². The zero-order valence-electron chi connectivity index (χ0n) is 40.5. The summed E-state index contributed by atoms with van der Waals surface area (Å²) in [5.41, 5.74) is 7.85.